The molecule has 16 nitrogen and oxygen atoms in total. The highest BCUT2D eigenvalue weighted by molar-refractivity contribution is 5.96. The van der Waals surface area contributed by atoms with Gasteiger partial charge in [0.1, 0.15) is 18.1 Å². The Hall–Kier alpha value is -3.79. The number of carbonyl (C=O) groups excluding carboxylic acids is 5. The first-order valence-electron chi connectivity index (χ1n) is 10.1. The van der Waals surface area contributed by atoms with E-state index in [1.807, 2.05) is 5.32 Å². The highest BCUT2D eigenvalue weighted by atomic mass is 16.4. The minimum absolute atomic E-state index is 0.127. The molecule has 1 rings (SSSR count). The maximum atomic E-state index is 12.6. The van der Waals surface area contributed by atoms with Gasteiger partial charge in [0.25, 0.3) is 0 Å². The standard InChI is InChI=1S/C18H28N6O10/c19-5-14(28)24-7-8(25)3-11(24)17(32)23-10(4-12(20)26)16(31)21-6-13(27)22-9(18(33)34)1-2-15(29)30/h8-11,25H,1-7,19H2,(H2,20,26)(H,21,31)(H,22,27)(H,23,32)(H,29,30)(H,33,34)/t8-,9+,10+,11+/m1/s1. The van der Waals surface area contributed by atoms with Gasteiger partial charge >= 0.3 is 11.9 Å². The third-order valence-corrected chi connectivity index (χ3v) is 4.82. The maximum absolute atomic E-state index is 12.6. The summed E-state index contributed by atoms with van der Waals surface area (Å²) in [6, 6.07) is -4.20. The number of primary amides is 1. The third-order valence-electron chi connectivity index (χ3n) is 4.82. The van der Waals surface area contributed by atoms with Crippen LogP contribution in [0.1, 0.15) is 25.7 Å². The number of nitrogens with one attached hydrogen (secondary N) is 3. The van der Waals surface area contributed by atoms with E-state index in [4.69, 9.17) is 21.7 Å². The molecule has 1 saturated heterocycles. The summed E-state index contributed by atoms with van der Waals surface area (Å²) in [6.07, 6.45) is -2.69. The van der Waals surface area contributed by atoms with E-state index in [1.165, 1.54) is 0 Å². The summed E-state index contributed by atoms with van der Waals surface area (Å²) in [7, 11) is 0. The molecule has 10 N–H and O–H groups in total. The number of hydrogen-bond acceptors (Lipinski definition) is 9. The molecule has 0 aromatic carbocycles. The fraction of sp³-hybridized carbons (Fsp3) is 0.611. The van der Waals surface area contributed by atoms with Crippen molar-refractivity contribution in [2.75, 3.05) is 19.6 Å². The molecule has 1 heterocycles. The molecule has 0 unspecified atom stereocenters. The van der Waals surface area contributed by atoms with Crippen LogP contribution in [0.2, 0.25) is 0 Å². The number of carbonyl (C=O) groups is 7. The number of hydrogen-bond donors (Lipinski definition) is 8. The molecule has 34 heavy (non-hydrogen) atoms. The van der Waals surface area contributed by atoms with Gasteiger partial charge in [0.15, 0.2) is 0 Å². The molecule has 0 bridgehead atoms. The molecule has 0 aliphatic carbocycles. The number of carboxylic acids is 2. The van der Waals surface area contributed by atoms with Gasteiger partial charge < -0.3 is 47.6 Å². The molecule has 0 radical (unpaired) electrons. The summed E-state index contributed by atoms with van der Waals surface area (Å²) in [5, 5.41) is 33.9. The zero-order valence-electron chi connectivity index (χ0n) is 18.1. The molecule has 0 aromatic heterocycles. The van der Waals surface area contributed by atoms with Crippen molar-refractivity contribution >= 4 is 41.5 Å². The summed E-state index contributed by atoms with van der Waals surface area (Å²) >= 11 is 0. The van der Waals surface area contributed by atoms with Crippen LogP contribution in [0.25, 0.3) is 0 Å². The molecule has 5 amide bonds. The molecule has 16 heteroatoms. The predicted octanol–water partition coefficient (Wildman–Crippen LogP) is -5.18. The largest absolute Gasteiger partial charge is 0.481 e. The number of nitrogens with zero attached hydrogens (tertiary/aromatic N) is 1. The summed E-state index contributed by atoms with van der Waals surface area (Å²) in [6.45, 7) is -1.31. The van der Waals surface area contributed by atoms with Crippen LogP contribution >= 0.6 is 0 Å². The second-order valence-corrected chi connectivity index (χ2v) is 7.50. The zero-order valence-corrected chi connectivity index (χ0v) is 18.1. The van der Waals surface area contributed by atoms with Crippen molar-refractivity contribution in [1.82, 2.24) is 20.9 Å². The SMILES string of the molecule is NCC(=O)N1C[C@H](O)C[C@H]1C(=O)N[C@@H](CC(N)=O)C(=O)NCC(=O)N[C@@H](CCC(=O)O)C(=O)O. The number of nitrogens with two attached hydrogens (primary N) is 2. The Morgan fingerprint density at radius 3 is 2.21 bits per heavy atom. The van der Waals surface area contributed by atoms with Crippen molar-refractivity contribution in [1.29, 1.82) is 0 Å². The zero-order chi connectivity index (χ0) is 26.0. The van der Waals surface area contributed by atoms with E-state index in [2.05, 4.69) is 10.6 Å². The molecule has 1 aliphatic heterocycles. The minimum Gasteiger partial charge on any atom is -0.481 e. The lowest BCUT2D eigenvalue weighted by Gasteiger charge is -2.25. The van der Waals surface area contributed by atoms with Crippen molar-refractivity contribution in [3.63, 3.8) is 0 Å². The smallest absolute Gasteiger partial charge is 0.326 e. The van der Waals surface area contributed by atoms with Crippen LogP contribution in [0.3, 0.4) is 0 Å². The van der Waals surface area contributed by atoms with Gasteiger partial charge in [-0.1, -0.05) is 0 Å². The van der Waals surface area contributed by atoms with Gasteiger partial charge in [-0.25, -0.2) is 4.79 Å². The number of likely N-dealkylation sites (tertiary alicyclic amines) is 1. The lowest BCUT2D eigenvalue weighted by atomic mass is 10.1. The third kappa shape index (κ3) is 8.99. The van der Waals surface area contributed by atoms with Crippen LogP contribution < -0.4 is 27.4 Å². The Morgan fingerprint density at radius 2 is 1.68 bits per heavy atom. The van der Waals surface area contributed by atoms with E-state index < -0.39 is 98.1 Å². The van der Waals surface area contributed by atoms with E-state index in [0.717, 1.165) is 4.90 Å². The van der Waals surface area contributed by atoms with Crippen molar-refractivity contribution in [3.8, 4) is 0 Å². The van der Waals surface area contributed by atoms with Crippen LogP contribution in [-0.4, -0.2) is 106 Å². The van der Waals surface area contributed by atoms with Gasteiger partial charge in [-0.05, 0) is 6.42 Å². The molecular weight excluding hydrogens is 460 g/mol. The first kappa shape index (κ1) is 28.2. The molecule has 0 spiro atoms. The lowest BCUT2D eigenvalue weighted by Crippen LogP contribution is -2.55. The van der Waals surface area contributed by atoms with Crippen molar-refractivity contribution < 1.29 is 48.9 Å². The van der Waals surface area contributed by atoms with Gasteiger partial charge in [0.05, 0.1) is 25.6 Å². The Bertz CT molecular complexity index is 834. The number of aliphatic carboxylic acids is 2. The summed E-state index contributed by atoms with van der Waals surface area (Å²) in [5.74, 6) is -7.14. The predicted molar refractivity (Wildman–Crippen MR) is 110 cm³/mol. The topological polar surface area (TPSA) is 272 Å². The molecule has 0 aromatic rings. The highest BCUT2D eigenvalue weighted by Crippen LogP contribution is 2.18. The number of β-amino-alcohol motifs (C(OH)–C–C–N with tert-alkyl or cyclic N) is 1. The van der Waals surface area contributed by atoms with Gasteiger partial charge in [0.2, 0.25) is 29.5 Å². The first-order valence-corrected chi connectivity index (χ1v) is 10.1. The molecular formula is C18H28N6O10. The Morgan fingerprint density at radius 1 is 1.03 bits per heavy atom. The summed E-state index contributed by atoms with van der Waals surface area (Å²) < 4.78 is 0. The molecule has 0 saturated carbocycles. The fourth-order valence-electron chi connectivity index (χ4n) is 3.19. The lowest BCUT2D eigenvalue weighted by molar-refractivity contribution is -0.143. The molecule has 4 atom stereocenters. The summed E-state index contributed by atoms with van der Waals surface area (Å²) in [4.78, 5) is 83.1. The first-order chi connectivity index (χ1) is 15.8. The average Bonchev–Trinajstić information content (AvgIpc) is 3.14. The van der Waals surface area contributed by atoms with E-state index in [-0.39, 0.29) is 13.0 Å². The fourth-order valence-corrected chi connectivity index (χ4v) is 3.19. The Labute approximate surface area is 193 Å². The average molecular weight is 488 g/mol. The van der Waals surface area contributed by atoms with Gasteiger partial charge in [-0.15, -0.1) is 0 Å². The van der Waals surface area contributed by atoms with Gasteiger partial charge in [-0.3, -0.25) is 28.8 Å². The highest BCUT2D eigenvalue weighted by Gasteiger charge is 2.39. The van der Waals surface area contributed by atoms with Crippen molar-refractivity contribution in [2.45, 2.75) is 49.9 Å². The molecule has 1 aliphatic rings. The van der Waals surface area contributed by atoms with E-state index in [1.54, 1.807) is 0 Å². The Kier molecular flexibility index (Phi) is 10.8. The van der Waals surface area contributed by atoms with Crippen LogP contribution in [0.5, 0.6) is 0 Å². The number of aliphatic hydroxyl groups excluding tert-OH is 1. The number of carboxylic acid groups (broad SMARTS) is 2. The van der Waals surface area contributed by atoms with Crippen LogP contribution in [0.4, 0.5) is 0 Å². The van der Waals surface area contributed by atoms with Gasteiger partial charge in [-0.2, -0.15) is 0 Å². The van der Waals surface area contributed by atoms with E-state index >= 15 is 0 Å². The van der Waals surface area contributed by atoms with E-state index in [9.17, 15) is 38.7 Å². The second-order valence-electron chi connectivity index (χ2n) is 7.50. The quantitative estimate of drug-likeness (QED) is 0.121. The van der Waals surface area contributed by atoms with Crippen molar-refractivity contribution in [3.05, 3.63) is 0 Å². The monoisotopic (exact) mass is 488 g/mol. The van der Waals surface area contributed by atoms with Crippen LogP contribution in [0.15, 0.2) is 0 Å². The summed E-state index contributed by atoms with van der Waals surface area (Å²) in [5.41, 5.74) is 10.4. The van der Waals surface area contributed by atoms with Crippen LogP contribution in [-0.2, 0) is 33.6 Å². The number of rotatable bonds is 13. The molecule has 1 fully saturated rings. The van der Waals surface area contributed by atoms with Crippen molar-refractivity contribution in [2.24, 2.45) is 11.5 Å². The normalized spacial score (nSPS) is 18.9. The minimum atomic E-state index is -1.53. The van der Waals surface area contributed by atoms with Gasteiger partial charge in [0, 0.05) is 19.4 Å². The maximum Gasteiger partial charge on any atom is 0.326 e. The number of aliphatic hydroxyl groups is 1. The number of amides is 5. The van der Waals surface area contributed by atoms with Crippen LogP contribution in [0, 0.1) is 0 Å². The van der Waals surface area contributed by atoms with E-state index in [0.29, 0.717) is 0 Å². The molecule has 190 valence electrons. The Balaban J connectivity index is 2.76. The second kappa shape index (κ2) is 13.0.